The minimum absolute atomic E-state index is 0.0597. The van der Waals surface area contributed by atoms with Crippen LogP contribution >= 0.6 is 0 Å². The van der Waals surface area contributed by atoms with Crippen LogP contribution in [0.15, 0.2) is 24.3 Å². The molecule has 4 heteroatoms. The maximum Gasteiger partial charge on any atom is 0.237 e. The molecule has 0 radical (unpaired) electrons. The van der Waals surface area contributed by atoms with Crippen LogP contribution < -0.4 is 10.1 Å². The number of hydrogen-bond acceptors (Lipinski definition) is 3. The number of likely N-dealkylation sites (N-methyl/N-ethyl adjacent to an activating group) is 1. The van der Waals surface area contributed by atoms with Crippen molar-refractivity contribution in [3.8, 4) is 5.75 Å². The summed E-state index contributed by atoms with van der Waals surface area (Å²) in [5.41, 5.74) is 1.08. The van der Waals surface area contributed by atoms with E-state index in [9.17, 15) is 4.79 Å². The van der Waals surface area contributed by atoms with E-state index in [1.54, 1.807) is 0 Å². The fourth-order valence-electron chi connectivity index (χ4n) is 2.59. The lowest BCUT2D eigenvalue weighted by Gasteiger charge is -2.30. The van der Waals surface area contributed by atoms with E-state index in [2.05, 4.69) is 17.1 Å². The van der Waals surface area contributed by atoms with E-state index >= 15 is 0 Å². The summed E-state index contributed by atoms with van der Waals surface area (Å²) in [7, 11) is 2.01. The average molecular weight is 290 g/mol. The summed E-state index contributed by atoms with van der Waals surface area (Å²) in [6.45, 7) is 5.74. The van der Waals surface area contributed by atoms with E-state index in [-0.39, 0.29) is 18.0 Å². The van der Waals surface area contributed by atoms with Crippen molar-refractivity contribution in [2.24, 2.45) is 0 Å². The molecule has 1 aromatic carbocycles. The highest BCUT2D eigenvalue weighted by atomic mass is 16.5. The Balaban J connectivity index is 1.97. The van der Waals surface area contributed by atoms with Crippen LogP contribution in [0.5, 0.6) is 5.75 Å². The van der Waals surface area contributed by atoms with E-state index in [0.29, 0.717) is 6.61 Å². The van der Waals surface area contributed by atoms with Gasteiger partial charge >= 0.3 is 0 Å². The number of ether oxygens (including phenoxy) is 1. The molecule has 1 aliphatic heterocycles. The predicted octanol–water partition coefficient (Wildman–Crippen LogP) is 2.75. The van der Waals surface area contributed by atoms with Gasteiger partial charge in [0.05, 0.1) is 18.7 Å². The molecule has 0 aromatic heterocycles. The first kappa shape index (κ1) is 15.8. The number of carbonyl (C=O) groups is 1. The average Bonchev–Trinajstić information content (AvgIpc) is 2.52. The van der Waals surface area contributed by atoms with Crippen LogP contribution in [-0.2, 0) is 4.79 Å². The van der Waals surface area contributed by atoms with Gasteiger partial charge in [0, 0.05) is 12.0 Å². The molecule has 2 atom stereocenters. The normalized spacial score (nSPS) is 18.8. The number of nitrogens with one attached hydrogen (secondary N) is 1. The van der Waals surface area contributed by atoms with E-state index in [1.807, 2.05) is 38.2 Å². The summed E-state index contributed by atoms with van der Waals surface area (Å²) in [5.74, 6) is 0.983. The lowest BCUT2D eigenvalue weighted by molar-refractivity contribution is -0.126. The molecular formula is C17H26N2O2. The number of amides is 1. The molecule has 2 unspecified atom stereocenters. The molecule has 21 heavy (non-hydrogen) atoms. The largest absolute Gasteiger partial charge is 0.493 e. The van der Waals surface area contributed by atoms with Crippen LogP contribution in [0.25, 0.3) is 0 Å². The summed E-state index contributed by atoms with van der Waals surface area (Å²) in [6.07, 6.45) is 3.09. The quantitative estimate of drug-likeness (QED) is 0.876. The van der Waals surface area contributed by atoms with Gasteiger partial charge in [-0.25, -0.2) is 0 Å². The molecule has 1 aliphatic rings. The first-order valence-corrected chi connectivity index (χ1v) is 7.85. The highest BCUT2D eigenvalue weighted by Crippen LogP contribution is 2.31. The first-order chi connectivity index (χ1) is 10.1. The molecule has 4 nitrogen and oxygen atoms in total. The van der Waals surface area contributed by atoms with Crippen molar-refractivity contribution < 1.29 is 9.53 Å². The standard InChI is InChI=1S/C17H26N2O2/c1-4-5-11-19(3)13(2)17(20)18-15-10-12-21-16-9-7-6-8-14(15)16/h6-9,13,15H,4-5,10-12H2,1-3H3,(H,18,20). The Morgan fingerprint density at radius 1 is 1.48 bits per heavy atom. The summed E-state index contributed by atoms with van der Waals surface area (Å²) in [5, 5.41) is 3.17. The molecule has 0 fully saturated rings. The van der Waals surface area contributed by atoms with Gasteiger partial charge < -0.3 is 10.1 Å². The van der Waals surface area contributed by atoms with Crippen LogP contribution in [-0.4, -0.2) is 37.0 Å². The number of nitrogens with zero attached hydrogens (tertiary/aromatic N) is 1. The van der Waals surface area contributed by atoms with Gasteiger partial charge in [0.1, 0.15) is 5.75 Å². The van der Waals surface area contributed by atoms with Crippen molar-refractivity contribution >= 4 is 5.91 Å². The number of rotatable bonds is 6. The van der Waals surface area contributed by atoms with Crippen molar-refractivity contribution in [2.75, 3.05) is 20.2 Å². The molecule has 0 spiro atoms. The van der Waals surface area contributed by atoms with Gasteiger partial charge in [-0.1, -0.05) is 31.5 Å². The van der Waals surface area contributed by atoms with E-state index in [1.165, 1.54) is 0 Å². The Bertz CT molecular complexity index is 476. The number of unbranched alkanes of at least 4 members (excludes halogenated alkanes) is 1. The minimum atomic E-state index is -0.105. The molecule has 1 aromatic rings. The Morgan fingerprint density at radius 2 is 2.24 bits per heavy atom. The van der Waals surface area contributed by atoms with E-state index in [0.717, 1.165) is 37.1 Å². The molecule has 1 heterocycles. The van der Waals surface area contributed by atoms with Crippen LogP contribution in [0.3, 0.4) is 0 Å². The Hall–Kier alpha value is -1.55. The number of carbonyl (C=O) groups excluding carboxylic acids is 1. The zero-order valence-corrected chi connectivity index (χ0v) is 13.3. The fraction of sp³-hybridized carbons (Fsp3) is 0.588. The van der Waals surface area contributed by atoms with Gasteiger partial charge in [-0.15, -0.1) is 0 Å². The molecule has 2 rings (SSSR count). The third-order valence-corrected chi connectivity index (χ3v) is 4.18. The molecule has 0 bridgehead atoms. The second-order valence-electron chi connectivity index (χ2n) is 5.75. The number of fused-ring (bicyclic) bond motifs is 1. The van der Waals surface area contributed by atoms with Crippen molar-refractivity contribution in [2.45, 2.75) is 45.2 Å². The summed E-state index contributed by atoms with van der Waals surface area (Å²) >= 11 is 0. The molecule has 1 amide bonds. The number of hydrogen-bond donors (Lipinski definition) is 1. The predicted molar refractivity (Wildman–Crippen MR) is 84.4 cm³/mol. The van der Waals surface area contributed by atoms with Crippen LogP contribution in [0, 0.1) is 0 Å². The lowest BCUT2D eigenvalue weighted by Crippen LogP contribution is -2.45. The lowest BCUT2D eigenvalue weighted by atomic mass is 10.00. The zero-order chi connectivity index (χ0) is 15.2. The monoisotopic (exact) mass is 290 g/mol. The highest BCUT2D eigenvalue weighted by Gasteiger charge is 2.25. The van der Waals surface area contributed by atoms with Crippen LogP contribution in [0.1, 0.15) is 44.7 Å². The Labute approximate surface area is 127 Å². The summed E-state index contributed by atoms with van der Waals surface area (Å²) in [4.78, 5) is 14.5. The van der Waals surface area contributed by atoms with Gasteiger partial charge in [0.25, 0.3) is 0 Å². The minimum Gasteiger partial charge on any atom is -0.493 e. The Morgan fingerprint density at radius 3 is 3.00 bits per heavy atom. The molecule has 0 aliphatic carbocycles. The topological polar surface area (TPSA) is 41.6 Å². The van der Waals surface area contributed by atoms with Gasteiger partial charge in [-0.05, 0) is 33.0 Å². The van der Waals surface area contributed by atoms with Crippen molar-refractivity contribution in [1.82, 2.24) is 10.2 Å². The fourth-order valence-corrected chi connectivity index (χ4v) is 2.59. The number of para-hydroxylation sites is 1. The molecule has 1 N–H and O–H groups in total. The third-order valence-electron chi connectivity index (χ3n) is 4.18. The van der Waals surface area contributed by atoms with Gasteiger partial charge in [-0.3, -0.25) is 9.69 Å². The van der Waals surface area contributed by atoms with E-state index < -0.39 is 0 Å². The molecule has 0 saturated carbocycles. The smallest absolute Gasteiger partial charge is 0.237 e. The van der Waals surface area contributed by atoms with Gasteiger partial charge in [-0.2, -0.15) is 0 Å². The second kappa shape index (κ2) is 7.46. The first-order valence-electron chi connectivity index (χ1n) is 7.85. The second-order valence-corrected chi connectivity index (χ2v) is 5.75. The van der Waals surface area contributed by atoms with Crippen molar-refractivity contribution in [1.29, 1.82) is 0 Å². The summed E-state index contributed by atoms with van der Waals surface area (Å²) in [6, 6.07) is 7.90. The van der Waals surface area contributed by atoms with Crippen molar-refractivity contribution in [3.05, 3.63) is 29.8 Å². The van der Waals surface area contributed by atoms with Crippen molar-refractivity contribution in [3.63, 3.8) is 0 Å². The molecular weight excluding hydrogens is 264 g/mol. The van der Waals surface area contributed by atoms with Crippen LogP contribution in [0.4, 0.5) is 0 Å². The van der Waals surface area contributed by atoms with Gasteiger partial charge in [0.15, 0.2) is 0 Å². The third kappa shape index (κ3) is 3.97. The highest BCUT2D eigenvalue weighted by molar-refractivity contribution is 5.81. The van der Waals surface area contributed by atoms with Crippen LogP contribution in [0.2, 0.25) is 0 Å². The zero-order valence-electron chi connectivity index (χ0n) is 13.3. The number of benzene rings is 1. The maximum atomic E-state index is 12.4. The SMILES string of the molecule is CCCCN(C)C(C)C(=O)NC1CCOc2ccccc21. The van der Waals surface area contributed by atoms with Gasteiger partial charge in [0.2, 0.25) is 5.91 Å². The molecule has 0 saturated heterocycles. The van der Waals surface area contributed by atoms with E-state index in [4.69, 9.17) is 4.74 Å². The summed E-state index contributed by atoms with van der Waals surface area (Å²) < 4.78 is 5.63. The Kier molecular flexibility index (Phi) is 5.62. The maximum absolute atomic E-state index is 12.4. The molecule has 116 valence electrons.